The lowest BCUT2D eigenvalue weighted by atomic mass is 9.78. The summed E-state index contributed by atoms with van der Waals surface area (Å²) in [5.41, 5.74) is 0.345. The molecule has 26 heavy (non-hydrogen) atoms. The third-order valence-corrected chi connectivity index (χ3v) is 5.14. The molecule has 0 saturated heterocycles. The molecule has 3 atom stereocenters. The number of hydrogen-bond donors (Lipinski definition) is 1. The van der Waals surface area contributed by atoms with Crippen molar-refractivity contribution in [2.45, 2.75) is 52.0 Å². The summed E-state index contributed by atoms with van der Waals surface area (Å²) in [6, 6.07) is 5.27. The van der Waals surface area contributed by atoms with E-state index in [0.717, 1.165) is 12.8 Å². The molecule has 1 aromatic rings. The van der Waals surface area contributed by atoms with Gasteiger partial charge in [0, 0.05) is 18.0 Å². The number of nitrogens with one attached hydrogen (secondary N) is 1. The quantitative estimate of drug-likeness (QED) is 0.596. The molecule has 1 aromatic carbocycles. The van der Waals surface area contributed by atoms with Gasteiger partial charge < -0.3 is 10.1 Å². The Labute approximate surface area is 153 Å². The summed E-state index contributed by atoms with van der Waals surface area (Å²) in [4.78, 5) is 35.6. The SMILES string of the molecule is C[C@@H]1[C@H](C)CCC[C@@H]1NC(=O)COC(=O)CCC(=O)c1ccc(F)cc1. The van der Waals surface area contributed by atoms with Crippen LogP contribution in [0.1, 0.15) is 56.3 Å². The first-order valence-corrected chi connectivity index (χ1v) is 9.10. The number of ketones is 1. The molecule has 0 radical (unpaired) electrons. The number of carbonyl (C=O) groups is 3. The van der Waals surface area contributed by atoms with Crippen molar-refractivity contribution in [3.05, 3.63) is 35.6 Å². The van der Waals surface area contributed by atoms with E-state index in [-0.39, 0.29) is 37.2 Å². The summed E-state index contributed by atoms with van der Waals surface area (Å²) in [5, 5.41) is 2.93. The number of ether oxygens (including phenoxy) is 1. The fraction of sp³-hybridized carbons (Fsp3) is 0.550. The van der Waals surface area contributed by atoms with Crippen molar-refractivity contribution in [1.29, 1.82) is 0 Å². The molecule has 1 aliphatic rings. The Morgan fingerprint density at radius 1 is 1.12 bits per heavy atom. The molecule has 0 aromatic heterocycles. The maximum Gasteiger partial charge on any atom is 0.306 e. The van der Waals surface area contributed by atoms with Crippen molar-refractivity contribution in [2.75, 3.05) is 6.61 Å². The van der Waals surface area contributed by atoms with Gasteiger partial charge in [0.2, 0.25) is 0 Å². The fourth-order valence-corrected chi connectivity index (χ4v) is 3.25. The van der Waals surface area contributed by atoms with Crippen LogP contribution in [0.5, 0.6) is 0 Å². The van der Waals surface area contributed by atoms with Crippen LogP contribution in [0.4, 0.5) is 4.39 Å². The third-order valence-electron chi connectivity index (χ3n) is 5.14. The topological polar surface area (TPSA) is 72.5 Å². The van der Waals surface area contributed by atoms with E-state index in [1.807, 2.05) is 0 Å². The predicted molar refractivity (Wildman–Crippen MR) is 95.0 cm³/mol. The van der Waals surface area contributed by atoms with Crippen molar-refractivity contribution < 1.29 is 23.5 Å². The van der Waals surface area contributed by atoms with Crippen molar-refractivity contribution in [2.24, 2.45) is 11.8 Å². The minimum absolute atomic E-state index is 0.0384. The number of Topliss-reactive ketones (excluding diaryl/α,β-unsaturated/α-hetero) is 1. The van der Waals surface area contributed by atoms with E-state index in [1.54, 1.807) is 0 Å². The summed E-state index contributed by atoms with van der Waals surface area (Å²) >= 11 is 0. The number of hydrogen-bond acceptors (Lipinski definition) is 4. The molecule has 0 heterocycles. The molecule has 1 saturated carbocycles. The van der Waals surface area contributed by atoms with Crippen LogP contribution in [-0.4, -0.2) is 30.3 Å². The maximum atomic E-state index is 12.8. The molecule has 1 fully saturated rings. The van der Waals surface area contributed by atoms with Crippen molar-refractivity contribution in [1.82, 2.24) is 5.32 Å². The van der Waals surface area contributed by atoms with Crippen LogP contribution in [0.15, 0.2) is 24.3 Å². The van der Waals surface area contributed by atoms with Crippen molar-refractivity contribution >= 4 is 17.7 Å². The van der Waals surface area contributed by atoms with E-state index < -0.39 is 11.8 Å². The summed E-state index contributed by atoms with van der Waals surface area (Å²) in [6.07, 6.45) is 3.05. The van der Waals surface area contributed by atoms with Crippen LogP contribution < -0.4 is 5.32 Å². The Morgan fingerprint density at radius 3 is 2.50 bits per heavy atom. The molecule has 2 rings (SSSR count). The molecule has 0 unspecified atom stereocenters. The summed E-state index contributed by atoms with van der Waals surface area (Å²) in [7, 11) is 0. The van der Waals surface area contributed by atoms with Gasteiger partial charge >= 0.3 is 5.97 Å². The summed E-state index contributed by atoms with van der Waals surface area (Å²) < 4.78 is 17.8. The molecule has 142 valence electrons. The summed E-state index contributed by atoms with van der Waals surface area (Å²) in [6.45, 7) is 3.98. The van der Waals surface area contributed by atoms with Crippen LogP contribution in [0, 0.1) is 17.7 Å². The van der Waals surface area contributed by atoms with Crippen molar-refractivity contribution in [3.63, 3.8) is 0 Å². The second-order valence-electron chi connectivity index (χ2n) is 7.03. The second-order valence-corrected chi connectivity index (χ2v) is 7.03. The van der Waals surface area contributed by atoms with E-state index in [1.165, 1.54) is 30.7 Å². The lowest BCUT2D eigenvalue weighted by Gasteiger charge is -2.34. The Morgan fingerprint density at radius 2 is 1.81 bits per heavy atom. The molecule has 0 bridgehead atoms. The van der Waals surface area contributed by atoms with E-state index >= 15 is 0 Å². The zero-order valence-corrected chi connectivity index (χ0v) is 15.3. The first kappa shape index (κ1) is 20.1. The fourth-order valence-electron chi connectivity index (χ4n) is 3.25. The number of carbonyl (C=O) groups excluding carboxylic acids is 3. The second kappa shape index (κ2) is 9.46. The third kappa shape index (κ3) is 5.93. The number of rotatable bonds is 7. The molecule has 0 aliphatic heterocycles. The molecular formula is C20H26FNO4. The van der Waals surface area contributed by atoms with Gasteiger partial charge in [0.1, 0.15) is 5.82 Å². The first-order chi connectivity index (χ1) is 12.4. The minimum Gasteiger partial charge on any atom is -0.456 e. The number of amides is 1. The minimum atomic E-state index is -0.597. The number of esters is 1. The standard InChI is InChI=1S/C20H26FNO4/c1-13-4-3-5-17(14(13)2)22-19(24)12-26-20(25)11-10-18(23)15-6-8-16(21)9-7-15/h6-9,13-14,17H,3-5,10-12H2,1-2H3,(H,22,24)/t13-,14-,17+/m1/s1. The average Bonchev–Trinajstić information content (AvgIpc) is 2.62. The first-order valence-electron chi connectivity index (χ1n) is 9.10. The molecule has 1 N–H and O–H groups in total. The molecule has 5 nitrogen and oxygen atoms in total. The van der Waals surface area contributed by atoms with E-state index in [4.69, 9.17) is 4.74 Å². The molecule has 1 amide bonds. The van der Waals surface area contributed by atoms with Gasteiger partial charge in [-0.1, -0.05) is 26.7 Å². The predicted octanol–water partition coefficient (Wildman–Crippen LogP) is 3.27. The summed E-state index contributed by atoms with van der Waals surface area (Å²) in [5.74, 6) is -0.634. The van der Waals surface area contributed by atoms with Gasteiger partial charge in [-0.05, 0) is 42.5 Å². The Hall–Kier alpha value is -2.24. The van der Waals surface area contributed by atoms with Gasteiger partial charge in [-0.2, -0.15) is 0 Å². The van der Waals surface area contributed by atoms with Gasteiger partial charge in [-0.25, -0.2) is 4.39 Å². The highest BCUT2D eigenvalue weighted by atomic mass is 19.1. The lowest BCUT2D eigenvalue weighted by Crippen LogP contribution is -2.45. The van der Waals surface area contributed by atoms with Crippen LogP contribution in [0.3, 0.4) is 0 Å². The number of benzene rings is 1. The molecule has 1 aliphatic carbocycles. The van der Waals surface area contributed by atoms with Crippen LogP contribution >= 0.6 is 0 Å². The number of halogens is 1. The monoisotopic (exact) mass is 363 g/mol. The largest absolute Gasteiger partial charge is 0.456 e. The molecule has 0 spiro atoms. The zero-order valence-electron chi connectivity index (χ0n) is 15.3. The molecule has 6 heteroatoms. The van der Waals surface area contributed by atoms with Gasteiger partial charge in [-0.3, -0.25) is 14.4 Å². The van der Waals surface area contributed by atoms with Gasteiger partial charge in [0.05, 0.1) is 6.42 Å². The van der Waals surface area contributed by atoms with E-state index in [9.17, 15) is 18.8 Å². The van der Waals surface area contributed by atoms with Crippen LogP contribution in [0.2, 0.25) is 0 Å². The van der Waals surface area contributed by atoms with E-state index in [2.05, 4.69) is 19.2 Å². The van der Waals surface area contributed by atoms with E-state index in [0.29, 0.717) is 17.4 Å². The van der Waals surface area contributed by atoms with Crippen LogP contribution in [-0.2, 0) is 14.3 Å². The highest BCUT2D eigenvalue weighted by Crippen LogP contribution is 2.29. The van der Waals surface area contributed by atoms with Gasteiger partial charge in [-0.15, -0.1) is 0 Å². The normalized spacial score (nSPS) is 22.5. The zero-order chi connectivity index (χ0) is 19.1. The highest BCUT2D eigenvalue weighted by Gasteiger charge is 2.28. The highest BCUT2D eigenvalue weighted by molar-refractivity contribution is 5.97. The molecular weight excluding hydrogens is 337 g/mol. The maximum absolute atomic E-state index is 12.8. The van der Waals surface area contributed by atoms with Gasteiger partial charge in [0.25, 0.3) is 5.91 Å². The Bertz CT molecular complexity index is 644. The lowest BCUT2D eigenvalue weighted by molar-refractivity contribution is -0.148. The Kier molecular flexibility index (Phi) is 7.30. The van der Waals surface area contributed by atoms with Crippen LogP contribution in [0.25, 0.3) is 0 Å². The average molecular weight is 363 g/mol. The van der Waals surface area contributed by atoms with Crippen molar-refractivity contribution in [3.8, 4) is 0 Å². The van der Waals surface area contributed by atoms with Gasteiger partial charge in [0.15, 0.2) is 12.4 Å². The Balaban J connectivity index is 1.68. The smallest absolute Gasteiger partial charge is 0.306 e.